The lowest BCUT2D eigenvalue weighted by Crippen LogP contribution is -2.18. The van der Waals surface area contributed by atoms with Crippen molar-refractivity contribution < 1.29 is 9.47 Å². The van der Waals surface area contributed by atoms with Crippen LogP contribution in [-0.2, 0) is 0 Å². The molecular formula is C23H21N5O3. The van der Waals surface area contributed by atoms with Crippen molar-refractivity contribution in [2.24, 2.45) is 0 Å². The molecule has 2 aliphatic rings. The SMILES string of the molecule is O=c1cc(-c2ccc3c(c2)OCCO3)nc2c(-c3ccc(N4CCCC4)nc3)c[nH]n12. The molecule has 3 aromatic heterocycles. The normalized spacial score (nSPS) is 15.5. The van der Waals surface area contributed by atoms with Gasteiger partial charge in [-0.1, -0.05) is 0 Å². The highest BCUT2D eigenvalue weighted by atomic mass is 16.6. The van der Waals surface area contributed by atoms with E-state index >= 15 is 0 Å². The number of aromatic amines is 1. The molecule has 8 nitrogen and oxygen atoms in total. The van der Waals surface area contributed by atoms with Crippen molar-refractivity contribution in [2.75, 3.05) is 31.2 Å². The number of nitrogens with zero attached hydrogens (tertiary/aromatic N) is 4. The molecule has 0 atom stereocenters. The number of aromatic nitrogens is 4. The molecule has 8 heteroatoms. The first-order valence-corrected chi connectivity index (χ1v) is 10.5. The molecule has 6 rings (SSSR count). The Morgan fingerprint density at radius 1 is 0.935 bits per heavy atom. The summed E-state index contributed by atoms with van der Waals surface area (Å²) < 4.78 is 12.7. The van der Waals surface area contributed by atoms with Crippen molar-refractivity contribution in [3.05, 3.63) is 59.1 Å². The molecule has 1 N–H and O–H groups in total. The van der Waals surface area contributed by atoms with E-state index in [1.165, 1.54) is 23.4 Å². The van der Waals surface area contributed by atoms with Crippen LogP contribution in [0.3, 0.4) is 0 Å². The van der Waals surface area contributed by atoms with Gasteiger partial charge in [-0.2, -0.15) is 0 Å². The number of H-pyrrole nitrogens is 1. The Balaban J connectivity index is 1.41. The highest BCUT2D eigenvalue weighted by molar-refractivity contribution is 5.78. The molecule has 0 bridgehead atoms. The number of fused-ring (bicyclic) bond motifs is 2. The smallest absolute Gasteiger partial charge is 0.273 e. The lowest BCUT2D eigenvalue weighted by atomic mass is 10.1. The number of pyridine rings is 1. The van der Waals surface area contributed by atoms with E-state index in [1.54, 1.807) is 6.20 Å². The van der Waals surface area contributed by atoms with Crippen molar-refractivity contribution in [1.29, 1.82) is 0 Å². The molecule has 0 aliphatic carbocycles. The Morgan fingerprint density at radius 3 is 2.55 bits per heavy atom. The lowest BCUT2D eigenvalue weighted by molar-refractivity contribution is 0.171. The van der Waals surface area contributed by atoms with E-state index in [9.17, 15) is 4.79 Å². The van der Waals surface area contributed by atoms with Crippen LogP contribution >= 0.6 is 0 Å². The third-order valence-corrected chi connectivity index (χ3v) is 5.82. The van der Waals surface area contributed by atoms with Gasteiger partial charge in [-0.25, -0.2) is 14.5 Å². The predicted molar refractivity (Wildman–Crippen MR) is 117 cm³/mol. The third-order valence-electron chi connectivity index (χ3n) is 5.82. The standard InChI is InChI=1S/C23H21N5O3/c29-22-12-18(15-3-5-19-20(11-15)31-10-9-30-19)26-23-17(14-25-28(22)23)16-4-6-21(24-13-16)27-7-1-2-8-27/h3-6,11-14,25H,1-2,7-10H2. The molecule has 0 radical (unpaired) electrons. The molecular weight excluding hydrogens is 394 g/mol. The zero-order valence-electron chi connectivity index (χ0n) is 16.9. The molecule has 2 aliphatic heterocycles. The molecule has 1 aromatic carbocycles. The summed E-state index contributed by atoms with van der Waals surface area (Å²) in [6, 6.07) is 11.2. The second-order valence-electron chi connectivity index (χ2n) is 7.78. The van der Waals surface area contributed by atoms with E-state index in [1.807, 2.05) is 36.5 Å². The summed E-state index contributed by atoms with van der Waals surface area (Å²) >= 11 is 0. The topological polar surface area (TPSA) is 84.8 Å². The van der Waals surface area contributed by atoms with Crippen LogP contribution in [0.5, 0.6) is 11.5 Å². The summed E-state index contributed by atoms with van der Waals surface area (Å²) in [6.07, 6.45) is 6.06. The minimum Gasteiger partial charge on any atom is -0.486 e. The van der Waals surface area contributed by atoms with Gasteiger partial charge in [-0.3, -0.25) is 9.89 Å². The van der Waals surface area contributed by atoms with Gasteiger partial charge in [0.05, 0.1) is 5.69 Å². The minimum atomic E-state index is -0.178. The van der Waals surface area contributed by atoms with E-state index in [2.05, 4.69) is 15.0 Å². The van der Waals surface area contributed by atoms with Gasteiger partial charge >= 0.3 is 0 Å². The summed E-state index contributed by atoms with van der Waals surface area (Å²) in [5.41, 5.74) is 3.52. The number of anilines is 1. The van der Waals surface area contributed by atoms with E-state index in [4.69, 9.17) is 14.5 Å². The number of benzene rings is 1. The third kappa shape index (κ3) is 3.11. The Hall–Kier alpha value is -3.81. The number of rotatable bonds is 3. The van der Waals surface area contributed by atoms with Gasteiger partial charge in [-0.05, 0) is 43.2 Å². The van der Waals surface area contributed by atoms with Gasteiger partial charge in [0.15, 0.2) is 17.1 Å². The zero-order valence-corrected chi connectivity index (χ0v) is 16.9. The minimum absolute atomic E-state index is 0.178. The Bertz CT molecular complexity index is 1320. The predicted octanol–water partition coefficient (Wildman–Crippen LogP) is 3.12. The Kier molecular flexibility index (Phi) is 4.15. The summed E-state index contributed by atoms with van der Waals surface area (Å²) in [5, 5.41) is 3.01. The second kappa shape index (κ2) is 7.16. The van der Waals surface area contributed by atoms with Crippen molar-refractivity contribution in [1.82, 2.24) is 19.6 Å². The van der Waals surface area contributed by atoms with Crippen LogP contribution in [0.2, 0.25) is 0 Å². The van der Waals surface area contributed by atoms with E-state index in [0.29, 0.717) is 36.1 Å². The van der Waals surface area contributed by atoms with Crippen LogP contribution in [0.25, 0.3) is 28.0 Å². The van der Waals surface area contributed by atoms with E-state index < -0.39 is 0 Å². The average molecular weight is 415 g/mol. The molecule has 31 heavy (non-hydrogen) atoms. The molecule has 1 saturated heterocycles. The van der Waals surface area contributed by atoms with Crippen molar-refractivity contribution in [2.45, 2.75) is 12.8 Å². The van der Waals surface area contributed by atoms with Crippen molar-refractivity contribution in [3.8, 4) is 33.9 Å². The largest absolute Gasteiger partial charge is 0.486 e. The first-order chi connectivity index (χ1) is 15.3. The van der Waals surface area contributed by atoms with E-state index in [0.717, 1.165) is 35.6 Å². The van der Waals surface area contributed by atoms with Crippen LogP contribution in [-0.4, -0.2) is 45.9 Å². The molecule has 1 fully saturated rings. The van der Waals surface area contributed by atoms with Crippen LogP contribution in [0, 0.1) is 0 Å². The lowest BCUT2D eigenvalue weighted by Gasteiger charge is -2.18. The fourth-order valence-electron chi connectivity index (χ4n) is 4.22. The molecule has 0 saturated carbocycles. The highest BCUT2D eigenvalue weighted by Crippen LogP contribution is 2.34. The van der Waals surface area contributed by atoms with Crippen LogP contribution < -0.4 is 19.9 Å². The fourth-order valence-corrected chi connectivity index (χ4v) is 4.22. The van der Waals surface area contributed by atoms with Crippen molar-refractivity contribution >= 4 is 11.5 Å². The monoisotopic (exact) mass is 415 g/mol. The van der Waals surface area contributed by atoms with Gasteiger partial charge in [0, 0.05) is 48.2 Å². The Labute approximate surface area is 178 Å². The maximum atomic E-state index is 12.7. The van der Waals surface area contributed by atoms with Crippen LogP contribution in [0.15, 0.2) is 53.6 Å². The quantitative estimate of drug-likeness (QED) is 0.553. The molecule has 0 unspecified atom stereocenters. The summed E-state index contributed by atoms with van der Waals surface area (Å²) in [6.45, 7) is 3.15. The van der Waals surface area contributed by atoms with Gasteiger partial charge in [0.2, 0.25) is 0 Å². The summed E-state index contributed by atoms with van der Waals surface area (Å²) in [7, 11) is 0. The Morgan fingerprint density at radius 2 is 1.74 bits per heavy atom. The van der Waals surface area contributed by atoms with Crippen LogP contribution in [0.4, 0.5) is 5.82 Å². The second-order valence-corrected chi connectivity index (χ2v) is 7.78. The highest BCUT2D eigenvalue weighted by Gasteiger charge is 2.17. The number of hydrogen-bond acceptors (Lipinski definition) is 6. The average Bonchev–Trinajstić information content (AvgIpc) is 3.49. The zero-order chi connectivity index (χ0) is 20.8. The van der Waals surface area contributed by atoms with E-state index in [-0.39, 0.29) is 5.56 Å². The molecule has 5 heterocycles. The first-order valence-electron chi connectivity index (χ1n) is 10.5. The molecule has 0 spiro atoms. The van der Waals surface area contributed by atoms with Gasteiger partial charge in [0.25, 0.3) is 5.56 Å². The molecule has 156 valence electrons. The first kappa shape index (κ1) is 18.0. The number of ether oxygens (including phenoxy) is 2. The maximum absolute atomic E-state index is 12.7. The van der Waals surface area contributed by atoms with Gasteiger partial charge < -0.3 is 14.4 Å². The van der Waals surface area contributed by atoms with Gasteiger partial charge in [0.1, 0.15) is 19.0 Å². The van der Waals surface area contributed by atoms with Crippen LogP contribution in [0.1, 0.15) is 12.8 Å². The van der Waals surface area contributed by atoms with Crippen molar-refractivity contribution in [3.63, 3.8) is 0 Å². The van der Waals surface area contributed by atoms with Gasteiger partial charge in [-0.15, -0.1) is 0 Å². The maximum Gasteiger partial charge on any atom is 0.273 e. The molecule has 0 amide bonds. The number of nitrogens with one attached hydrogen (secondary N) is 1. The molecule has 4 aromatic rings. The fraction of sp³-hybridized carbons (Fsp3) is 0.261. The number of hydrogen-bond donors (Lipinski definition) is 1. The summed E-state index contributed by atoms with van der Waals surface area (Å²) in [4.78, 5) is 24.5. The summed E-state index contributed by atoms with van der Waals surface area (Å²) in [5.74, 6) is 2.37.